The number of piperidine rings is 1. The van der Waals surface area contributed by atoms with Gasteiger partial charge in [-0.1, -0.05) is 0 Å². The topological polar surface area (TPSA) is 78.7 Å². The normalized spacial score (nSPS) is 16.1. The summed E-state index contributed by atoms with van der Waals surface area (Å²) in [6.07, 6.45) is 3.41. The minimum absolute atomic E-state index is 0.198. The summed E-state index contributed by atoms with van der Waals surface area (Å²) in [5, 5.41) is 3.32. The number of primary amides is 1. The summed E-state index contributed by atoms with van der Waals surface area (Å²) in [5.74, 6) is -0.0899. The van der Waals surface area contributed by atoms with Crippen LogP contribution < -0.4 is 11.1 Å². The van der Waals surface area contributed by atoms with E-state index in [1.54, 1.807) is 0 Å². The second kappa shape index (κ2) is 9.73. The quantitative estimate of drug-likeness (QED) is 0.636. The van der Waals surface area contributed by atoms with Crippen LogP contribution in [-0.2, 0) is 9.59 Å². The van der Waals surface area contributed by atoms with E-state index in [-0.39, 0.29) is 11.8 Å². The molecule has 0 aromatic heterocycles. The SMILES string of the molecule is CCN(CC)C(=O)CCCN(CC(N)=O)C1CCNCC1. The van der Waals surface area contributed by atoms with E-state index in [0.29, 0.717) is 19.0 Å². The predicted octanol–water partition coefficient (Wildman–Crippen LogP) is 0.174. The van der Waals surface area contributed by atoms with Gasteiger partial charge in [-0.3, -0.25) is 14.5 Å². The highest BCUT2D eigenvalue weighted by molar-refractivity contribution is 5.76. The van der Waals surface area contributed by atoms with E-state index in [1.807, 2.05) is 18.7 Å². The van der Waals surface area contributed by atoms with Crippen molar-refractivity contribution in [3.8, 4) is 0 Å². The van der Waals surface area contributed by atoms with Gasteiger partial charge < -0.3 is 16.0 Å². The van der Waals surface area contributed by atoms with Gasteiger partial charge in [-0.05, 0) is 52.7 Å². The maximum Gasteiger partial charge on any atom is 0.231 e. The van der Waals surface area contributed by atoms with E-state index in [1.165, 1.54) is 0 Å². The molecule has 0 saturated carbocycles. The number of nitrogens with one attached hydrogen (secondary N) is 1. The van der Waals surface area contributed by atoms with Crippen LogP contribution in [0.2, 0.25) is 0 Å². The third kappa shape index (κ3) is 6.44. The number of rotatable bonds is 9. The standard InChI is InChI=1S/C15H30N4O2/c1-3-18(4-2)15(21)6-5-11-19(12-14(16)20)13-7-9-17-10-8-13/h13,17H,3-12H2,1-2H3,(H2,16,20). The molecule has 2 amide bonds. The Labute approximate surface area is 128 Å². The van der Waals surface area contributed by atoms with E-state index in [4.69, 9.17) is 5.73 Å². The molecule has 6 heteroatoms. The lowest BCUT2D eigenvalue weighted by atomic mass is 10.0. The van der Waals surface area contributed by atoms with Crippen LogP contribution in [0.5, 0.6) is 0 Å². The smallest absolute Gasteiger partial charge is 0.231 e. The Morgan fingerprint density at radius 2 is 1.81 bits per heavy atom. The zero-order chi connectivity index (χ0) is 15.7. The summed E-state index contributed by atoms with van der Waals surface area (Å²) in [4.78, 5) is 27.2. The molecule has 21 heavy (non-hydrogen) atoms. The predicted molar refractivity (Wildman–Crippen MR) is 83.8 cm³/mol. The highest BCUT2D eigenvalue weighted by atomic mass is 16.2. The lowest BCUT2D eigenvalue weighted by Crippen LogP contribution is -2.47. The number of hydrogen-bond donors (Lipinski definition) is 2. The van der Waals surface area contributed by atoms with Gasteiger partial charge in [0.2, 0.25) is 11.8 Å². The Morgan fingerprint density at radius 3 is 2.33 bits per heavy atom. The molecule has 1 saturated heterocycles. The van der Waals surface area contributed by atoms with Crippen molar-refractivity contribution in [3.05, 3.63) is 0 Å². The summed E-state index contributed by atoms with van der Waals surface area (Å²) in [5.41, 5.74) is 5.35. The maximum atomic E-state index is 12.0. The summed E-state index contributed by atoms with van der Waals surface area (Å²) in [6.45, 7) is 8.54. The van der Waals surface area contributed by atoms with Gasteiger partial charge in [-0.25, -0.2) is 0 Å². The molecular weight excluding hydrogens is 268 g/mol. The molecule has 0 unspecified atom stereocenters. The molecule has 0 bridgehead atoms. The molecule has 1 aliphatic heterocycles. The van der Waals surface area contributed by atoms with Crippen LogP contribution in [0.3, 0.4) is 0 Å². The molecule has 0 aromatic carbocycles. The molecule has 3 N–H and O–H groups in total. The second-order valence-corrected chi connectivity index (χ2v) is 5.59. The summed E-state index contributed by atoms with van der Waals surface area (Å²) in [7, 11) is 0. The molecule has 6 nitrogen and oxygen atoms in total. The molecular formula is C15H30N4O2. The van der Waals surface area contributed by atoms with Crippen LogP contribution >= 0.6 is 0 Å². The van der Waals surface area contributed by atoms with Crippen LogP contribution in [0.25, 0.3) is 0 Å². The van der Waals surface area contributed by atoms with Crippen LogP contribution in [0.4, 0.5) is 0 Å². The van der Waals surface area contributed by atoms with E-state index in [2.05, 4.69) is 10.2 Å². The fourth-order valence-electron chi connectivity index (χ4n) is 2.93. The summed E-state index contributed by atoms with van der Waals surface area (Å²) >= 11 is 0. The lowest BCUT2D eigenvalue weighted by Gasteiger charge is -2.34. The van der Waals surface area contributed by atoms with Crippen molar-refractivity contribution in [2.75, 3.05) is 39.3 Å². The molecule has 0 spiro atoms. The zero-order valence-electron chi connectivity index (χ0n) is 13.4. The Bertz CT molecular complexity index is 326. The first kappa shape index (κ1) is 17.9. The molecule has 0 aromatic rings. The Balaban J connectivity index is 2.41. The van der Waals surface area contributed by atoms with Gasteiger partial charge in [0.25, 0.3) is 0 Å². The average Bonchev–Trinajstić information content (AvgIpc) is 2.48. The Morgan fingerprint density at radius 1 is 1.19 bits per heavy atom. The van der Waals surface area contributed by atoms with Gasteiger partial charge in [-0.2, -0.15) is 0 Å². The molecule has 0 radical (unpaired) electrons. The minimum atomic E-state index is -0.288. The molecule has 1 rings (SSSR count). The molecule has 1 heterocycles. The number of amides is 2. The van der Waals surface area contributed by atoms with Crippen LogP contribution in [-0.4, -0.2) is 66.9 Å². The van der Waals surface area contributed by atoms with E-state index in [0.717, 1.165) is 52.0 Å². The molecule has 1 fully saturated rings. The van der Waals surface area contributed by atoms with Crippen molar-refractivity contribution in [2.45, 2.75) is 45.6 Å². The Kier molecular flexibility index (Phi) is 8.30. The highest BCUT2D eigenvalue weighted by Crippen LogP contribution is 2.13. The average molecular weight is 298 g/mol. The van der Waals surface area contributed by atoms with Gasteiger partial charge in [0.1, 0.15) is 0 Å². The third-order valence-corrected chi connectivity index (χ3v) is 4.14. The number of nitrogens with zero attached hydrogens (tertiary/aromatic N) is 2. The molecule has 0 aliphatic carbocycles. The van der Waals surface area contributed by atoms with Crippen molar-refractivity contribution in [1.29, 1.82) is 0 Å². The van der Waals surface area contributed by atoms with Gasteiger partial charge in [0.15, 0.2) is 0 Å². The molecule has 1 aliphatic rings. The second-order valence-electron chi connectivity index (χ2n) is 5.59. The van der Waals surface area contributed by atoms with Gasteiger partial charge in [0, 0.05) is 25.6 Å². The third-order valence-electron chi connectivity index (χ3n) is 4.14. The first-order chi connectivity index (χ1) is 10.1. The van der Waals surface area contributed by atoms with Crippen LogP contribution in [0.15, 0.2) is 0 Å². The molecule has 0 atom stereocenters. The number of carbonyl (C=O) groups excluding carboxylic acids is 2. The summed E-state index contributed by atoms with van der Waals surface area (Å²) < 4.78 is 0. The fraction of sp³-hybridized carbons (Fsp3) is 0.867. The number of nitrogens with two attached hydrogens (primary N) is 1. The number of hydrogen-bond acceptors (Lipinski definition) is 4. The zero-order valence-corrected chi connectivity index (χ0v) is 13.4. The van der Waals surface area contributed by atoms with Crippen molar-refractivity contribution >= 4 is 11.8 Å². The van der Waals surface area contributed by atoms with Crippen molar-refractivity contribution in [1.82, 2.24) is 15.1 Å². The number of carbonyl (C=O) groups is 2. The Hall–Kier alpha value is -1.14. The molecule has 122 valence electrons. The fourth-order valence-corrected chi connectivity index (χ4v) is 2.93. The van der Waals surface area contributed by atoms with Crippen LogP contribution in [0, 0.1) is 0 Å². The van der Waals surface area contributed by atoms with E-state index in [9.17, 15) is 9.59 Å². The van der Waals surface area contributed by atoms with Crippen molar-refractivity contribution < 1.29 is 9.59 Å². The monoisotopic (exact) mass is 298 g/mol. The maximum absolute atomic E-state index is 12.0. The first-order valence-corrected chi connectivity index (χ1v) is 8.09. The van der Waals surface area contributed by atoms with Gasteiger partial charge in [0.05, 0.1) is 6.54 Å². The van der Waals surface area contributed by atoms with Crippen molar-refractivity contribution in [3.63, 3.8) is 0 Å². The largest absolute Gasteiger partial charge is 0.369 e. The summed E-state index contributed by atoms with van der Waals surface area (Å²) in [6, 6.07) is 0.405. The minimum Gasteiger partial charge on any atom is -0.369 e. The van der Waals surface area contributed by atoms with Crippen LogP contribution in [0.1, 0.15) is 39.5 Å². The van der Waals surface area contributed by atoms with Crippen molar-refractivity contribution in [2.24, 2.45) is 5.73 Å². The van der Waals surface area contributed by atoms with E-state index < -0.39 is 0 Å². The lowest BCUT2D eigenvalue weighted by molar-refractivity contribution is -0.131. The first-order valence-electron chi connectivity index (χ1n) is 8.09. The highest BCUT2D eigenvalue weighted by Gasteiger charge is 2.22. The van der Waals surface area contributed by atoms with Gasteiger partial charge in [-0.15, -0.1) is 0 Å². The van der Waals surface area contributed by atoms with E-state index >= 15 is 0 Å². The van der Waals surface area contributed by atoms with Gasteiger partial charge >= 0.3 is 0 Å².